The monoisotopic (exact) mass is 311 g/mol. The maximum Gasteiger partial charge on any atom is 0.123 e. The highest BCUT2D eigenvalue weighted by Gasteiger charge is 2.14. The summed E-state index contributed by atoms with van der Waals surface area (Å²) in [6, 6.07) is 8.64. The quantitative estimate of drug-likeness (QED) is 0.651. The molecule has 3 rings (SSSR count). The first-order valence-corrected chi connectivity index (χ1v) is 8.14. The number of hydrogen-bond acceptors (Lipinski definition) is 3. The minimum absolute atomic E-state index is 0.233. The van der Waals surface area contributed by atoms with Gasteiger partial charge in [0.1, 0.15) is 5.82 Å². The average molecular weight is 311 g/mol. The summed E-state index contributed by atoms with van der Waals surface area (Å²) in [5.41, 5.74) is 5.71. The first kappa shape index (κ1) is 14.9. The highest BCUT2D eigenvalue weighted by atomic mass is 32.1. The molecule has 0 saturated carbocycles. The third-order valence-electron chi connectivity index (χ3n) is 3.81. The topological polar surface area (TPSA) is 25.8 Å². The lowest BCUT2D eigenvalue weighted by molar-refractivity contribution is 0.628. The fraction of sp³-hybridized carbons (Fsp3) is 0.222. The van der Waals surface area contributed by atoms with E-state index in [2.05, 4.69) is 36.1 Å². The minimum atomic E-state index is -0.233. The molecule has 2 aromatic heterocycles. The molecule has 1 unspecified atom stereocenters. The van der Waals surface area contributed by atoms with Crippen molar-refractivity contribution in [3.05, 3.63) is 59.7 Å². The number of rotatable bonds is 4. The van der Waals surface area contributed by atoms with Gasteiger partial charge in [-0.05, 0) is 41.7 Å². The van der Waals surface area contributed by atoms with Crippen molar-refractivity contribution in [2.45, 2.75) is 26.2 Å². The lowest BCUT2D eigenvalue weighted by Crippen LogP contribution is -1.98. The van der Waals surface area contributed by atoms with Gasteiger partial charge in [0.25, 0.3) is 0 Å². The SMILES string of the molecule is CCC(C)c1cc(-c2ccc(F)cc2)c(-c2cncs2)[c]n1. The molecular weight excluding hydrogens is 295 g/mol. The highest BCUT2D eigenvalue weighted by molar-refractivity contribution is 7.13. The van der Waals surface area contributed by atoms with Crippen LogP contribution in [0.4, 0.5) is 4.39 Å². The van der Waals surface area contributed by atoms with Crippen LogP contribution in [0.15, 0.2) is 42.0 Å². The standard InChI is InChI=1S/C18H16FN2S/c1-3-12(2)17-8-15(13-4-6-14(19)7-5-13)16(9-21-17)18-10-20-11-22-18/h4-8,10-12H,3H2,1-2H3. The molecule has 4 heteroatoms. The normalized spacial score (nSPS) is 12.3. The van der Waals surface area contributed by atoms with Crippen LogP contribution in [0.25, 0.3) is 21.6 Å². The van der Waals surface area contributed by atoms with Crippen LogP contribution < -0.4 is 0 Å². The van der Waals surface area contributed by atoms with Crippen LogP contribution in [0.3, 0.4) is 0 Å². The third kappa shape index (κ3) is 2.92. The molecule has 2 nitrogen and oxygen atoms in total. The lowest BCUT2D eigenvalue weighted by atomic mass is 9.96. The lowest BCUT2D eigenvalue weighted by Gasteiger charge is -2.13. The van der Waals surface area contributed by atoms with Crippen LogP contribution in [0.1, 0.15) is 31.9 Å². The molecule has 0 spiro atoms. The zero-order valence-corrected chi connectivity index (χ0v) is 13.3. The van der Waals surface area contributed by atoms with Crippen molar-refractivity contribution in [3.8, 4) is 21.6 Å². The predicted octanol–water partition coefficient (Wildman–Crippen LogP) is 5.32. The third-order valence-corrected chi connectivity index (χ3v) is 4.60. The minimum Gasteiger partial charge on any atom is -0.252 e. The molecule has 0 aliphatic heterocycles. The van der Waals surface area contributed by atoms with Crippen molar-refractivity contribution in [2.24, 2.45) is 0 Å². The van der Waals surface area contributed by atoms with E-state index in [0.29, 0.717) is 5.92 Å². The molecule has 1 atom stereocenters. The molecule has 1 aromatic carbocycles. The Morgan fingerprint density at radius 1 is 1.27 bits per heavy atom. The Bertz CT molecular complexity index is 751. The van der Waals surface area contributed by atoms with Crippen molar-refractivity contribution in [1.82, 2.24) is 9.97 Å². The van der Waals surface area contributed by atoms with E-state index >= 15 is 0 Å². The summed E-state index contributed by atoms with van der Waals surface area (Å²) in [7, 11) is 0. The van der Waals surface area contributed by atoms with Crippen LogP contribution >= 0.6 is 11.3 Å². The van der Waals surface area contributed by atoms with E-state index in [1.807, 2.05) is 6.20 Å². The van der Waals surface area contributed by atoms with Gasteiger partial charge in [-0.2, -0.15) is 0 Å². The highest BCUT2D eigenvalue weighted by Crippen LogP contribution is 2.35. The van der Waals surface area contributed by atoms with Gasteiger partial charge in [-0.1, -0.05) is 26.0 Å². The summed E-state index contributed by atoms with van der Waals surface area (Å²) >= 11 is 1.55. The van der Waals surface area contributed by atoms with E-state index in [0.717, 1.165) is 33.7 Å². The largest absolute Gasteiger partial charge is 0.252 e. The van der Waals surface area contributed by atoms with Crippen LogP contribution in [-0.2, 0) is 0 Å². The predicted molar refractivity (Wildman–Crippen MR) is 88.3 cm³/mol. The molecule has 1 radical (unpaired) electrons. The van der Waals surface area contributed by atoms with Crippen LogP contribution in [0.5, 0.6) is 0 Å². The van der Waals surface area contributed by atoms with Crippen molar-refractivity contribution in [1.29, 1.82) is 0 Å². The second kappa shape index (κ2) is 6.36. The van der Waals surface area contributed by atoms with Gasteiger partial charge in [0.05, 0.1) is 16.6 Å². The zero-order chi connectivity index (χ0) is 15.5. The number of thiazole rings is 1. The Hall–Kier alpha value is -2.07. The Morgan fingerprint density at radius 2 is 2.05 bits per heavy atom. The van der Waals surface area contributed by atoms with Crippen molar-refractivity contribution < 1.29 is 4.39 Å². The Balaban J connectivity index is 2.16. The summed E-state index contributed by atoms with van der Waals surface area (Å²) in [5, 5.41) is 0. The fourth-order valence-electron chi connectivity index (χ4n) is 2.28. The number of pyridine rings is 1. The first-order chi connectivity index (χ1) is 10.7. The molecule has 0 saturated heterocycles. The molecule has 2 heterocycles. The molecule has 0 aliphatic rings. The van der Waals surface area contributed by atoms with E-state index in [-0.39, 0.29) is 5.82 Å². The molecule has 0 bridgehead atoms. The number of benzene rings is 1. The fourth-order valence-corrected chi connectivity index (χ4v) is 2.91. The molecule has 0 fully saturated rings. The second-order valence-electron chi connectivity index (χ2n) is 5.26. The Morgan fingerprint density at radius 3 is 2.68 bits per heavy atom. The number of halogens is 1. The van der Waals surface area contributed by atoms with E-state index in [4.69, 9.17) is 0 Å². The molecule has 22 heavy (non-hydrogen) atoms. The van der Waals surface area contributed by atoms with Gasteiger partial charge >= 0.3 is 0 Å². The van der Waals surface area contributed by atoms with E-state index in [1.54, 1.807) is 29.0 Å². The molecular formula is C18H16FN2S. The maximum absolute atomic E-state index is 13.2. The van der Waals surface area contributed by atoms with Gasteiger partial charge in [-0.15, -0.1) is 11.3 Å². The molecule has 111 valence electrons. The number of hydrogen-bond donors (Lipinski definition) is 0. The summed E-state index contributed by atoms with van der Waals surface area (Å²) in [6.07, 6.45) is 5.99. The van der Waals surface area contributed by atoms with Crippen molar-refractivity contribution >= 4 is 11.3 Å². The molecule has 0 N–H and O–H groups in total. The van der Waals surface area contributed by atoms with Gasteiger partial charge in [0.15, 0.2) is 0 Å². The summed E-state index contributed by atoms with van der Waals surface area (Å²) in [4.78, 5) is 9.64. The zero-order valence-electron chi connectivity index (χ0n) is 12.5. The smallest absolute Gasteiger partial charge is 0.123 e. The Kier molecular flexibility index (Phi) is 4.29. The molecule has 3 aromatic rings. The van der Waals surface area contributed by atoms with Crippen molar-refractivity contribution in [2.75, 3.05) is 0 Å². The van der Waals surface area contributed by atoms with Gasteiger partial charge in [0.2, 0.25) is 0 Å². The summed E-state index contributed by atoms with van der Waals surface area (Å²) in [6.45, 7) is 4.29. The number of nitrogens with zero attached hydrogens (tertiary/aromatic N) is 2. The second-order valence-corrected chi connectivity index (χ2v) is 6.15. The van der Waals surface area contributed by atoms with Gasteiger partial charge in [0, 0.05) is 17.5 Å². The van der Waals surface area contributed by atoms with Gasteiger partial charge in [-0.25, -0.2) is 4.39 Å². The molecule has 0 aliphatic carbocycles. The van der Waals surface area contributed by atoms with Gasteiger partial charge < -0.3 is 0 Å². The van der Waals surface area contributed by atoms with Crippen LogP contribution in [-0.4, -0.2) is 9.97 Å². The first-order valence-electron chi connectivity index (χ1n) is 7.26. The summed E-state index contributed by atoms with van der Waals surface area (Å²) < 4.78 is 13.2. The van der Waals surface area contributed by atoms with E-state index < -0.39 is 0 Å². The number of aromatic nitrogens is 2. The molecule has 0 amide bonds. The maximum atomic E-state index is 13.2. The van der Waals surface area contributed by atoms with Crippen LogP contribution in [0.2, 0.25) is 0 Å². The van der Waals surface area contributed by atoms with E-state index in [9.17, 15) is 4.39 Å². The average Bonchev–Trinajstić information content (AvgIpc) is 3.08. The van der Waals surface area contributed by atoms with Crippen LogP contribution in [0, 0.1) is 12.0 Å². The van der Waals surface area contributed by atoms with Crippen molar-refractivity contribution in [3.63, 3.8) is 0 Å². The van der Waals surface area contributed by atoms with Gasteiger partial charge in [-0.3, -0.25) is 9.97 Å². The Labute approximate surface area is 133 Å². The summed E-state index contributed by atoms with van der Waals surface area (Å²) in [5.74, 6) is 0.134. The van der Waals surface area contributed by atoms with E-state index in [1.165, 1.54) is 12.1 Å².